The zero-order chi connectivity index (χ0) is 44.0. The third kappa shape index (κ3) is 8.52. The Labute approximate surface area is 393 Å². The van der Waals surface area contributed by atoms with Crippen LogP contribution in [0, 0.1) is 18.1 Å². The zero-order valence-electron chi connectivity index (χ0n) is 38.1. The maximum Gasteiger partial charge on any atom is 0 e. The summed E-state index contributed by atoms with van der Waals surface area (Å²) in [5.74, 6) is 9.34. The van der Waals surface area contributed by atoms with Gasteiger partial charge in [-0.3, -0.25) is 4.98 Å². The van der Waals surface area contributed by atoms with Crippen LogP contribution in [0.15, 0.2) is 156 Å². The fourth-order valence-corrected chi connectivity index (χ4v) is 12.1. The Morgan fingerprint density at radius 1 is 0.703 bits per heavy atom. The molecular weight excluding hydrogens is 1020 g/mol. The molecule has 0 saturated heterocycles. The summed E-state index contributed by atoms with van der Waals surface area (Å²) in [6, 6.07) is 55.1. The second-order valence-corrected chi connectivity index (χ2v) is 29.6. The monoisotopic (exact) mass is 1080 g/mol. The van der Waals surface area contributed by atoms with Crippen molar-refractivity contribution >= 4 is 61.5 Å². The number of para-hydroxylation sites is 3. The van der Waals surface area contributed by atoms with E-state index in [9.17, 15) is 0 Å². The minimum absolute atomic E-state index is 0. The van der Waals surface area contributed by atoms with Gasteiger partial charge in [0.05, 0.1) is 28.1 Å². The van der Waals surface area contributed by atoms with Crippen LogP contribution in [-0.2, 0) is 25.5 Å². The molecule has 5 nitrogen and oxygen atoms in total. The maximum atomic E-state index is 6.55. The van der Waals surface area contributed by atoms with Crippen LogP contribution < -0.4 is 4.40 Å². The topological polar surface area (TPSA) is 56.7 Å². The Balaban J connectivity index is 0.000000216. The molecule has 0 saturated carbocycles. The fraction of sp³-hybridized carbons (Fsp3) is 0.211. The number of furan rings is 1. The van der Waals surface area contributed by atoms with Crippen LogP contribution in [0.2, 0.25) is 17.3 Å². The molecule has 0 amide bonds. The predicted molar refractivity (Wildman–Crippen MR) is 267 cm³/mol. The minimum atomic E-state index is -1.91. The smallest absolute Gasteiger partial charge is 0 e. The number of imidazole rings is 1. The summed E-state index contributed by atoms with van der Waals surface area (Å²) >= 11 is -1.91. The molecular formula is C57H54GeIrN4O-2. The normalized spacial score (nSPS) is 12.4. The average Bonchev–Trinajstić information content (AvgIpc) is 3.88. The summed E-state index contributed by atoms with van der Waals surface area (Å²) in [4.78, 5) is 14.7. The van der Waals surface area contributed by atoms with Crippen molar-refractivity contribution in [2.45, 2.75) is 70.1 Å². The van der Waals surface area contributed by atoms with Crippen molar-refractivity contribution in [3.8, 4) is 39.5 Å². The first-order valence-electron chi connectivity index (χ1n) is 22.0. The molecule has 10 rings (SSSR count). The van der Waals surface area contributed by atoms with E-state index in [2.05, 4.69) is 191 Å². The van der Waals surface area contributed by atoms with E-state index in [1.807, 2.05) is 36.5 Å². The number of fused-ring (bicyclic) bond motifs is 6. The summed E-state index contributed by atoms with van der Waals surface area (Å²) in [6.45, 7) is 13.8. The second-order valence-electron chi connectivity index (χ2n) is 19.0. The maximum absolute atomic E-state index is 6.55. The van der Waals surface area contributed by atoms with E-state index >= 15 is 0 Å². The van der Waals surface area contributed by atoms with Crippen molar-refractivity contribution in [1.29, 1.82) is 0 Å². The number of pyridine rings is 2. The van der Waals surface area contributed by atoms with Crippen LogP contribution >= 0.6 is 0 Å². The van der Waals surface area contributed by atoms with Crippen LogP contribution in [-0.4, -0.2) is 32.8 Å². The van der Waals surface area contributed by atoms with Gasteiger partial charge in [-0.1, -0.05) is 117 Å². The van der Waals surface area contributed by atoms with Crippen LogP contribution in [0.5, 0.6) is 0 Å². The van der Waals surface area contributed by atoms with Gasteiger partial charge < -0.3 is 8.98 Å². The summed E-state index contributed by atoms with van der Waals surface area (Å²) in [5.41, 5.74) is 12.3. The van der Waals surface area contributed by atoms with Gasteiger partial charge in [0.2, 0.25) is 5.71 Å². The molecule has 0 aliphatic carbocycles. The Hall–Kier alpha value is -5.66. The molecule has 323 valence electrons. The molecule has 1 radical (unpaired) electrons. The van der Waals surface area contributed by atoms with E-state index in [1.165, 1.54) is 15.5 Å². The van der Waals surface area contributed by atoms with Crippen LogP contribution in [0.4, 0.5) is 0 Å². The molecule has 0 aliphatic rings. The summed E-state index contributed by atoms with van der Waals surface area (Å²) in [5, 5.41) is 4.23. The molecule has 4 heterocycles. The first-order valence-corrected chi connectivity index (χ1v) is 29.4. The largest absolute Gasteiger partial charge is 0 e. The van der Waals surface area contributed by atoms with Gasteiger partial charge in [0.1, 0.15) is 0 Å². The van der Waals surface area contributed by atoms with Crippen LogP contribution in [0.25, 0.3) is 83.3 Å². The average molecular weight is 1080 g/mol. The quantitative estimate of drug-likeness (QED) is 0.118. The van der Waals surface area contributed by atoms with Gasteiger partial charge in [-0.05, 0) is 34.1 Å². The second kappa shape index (κ2) is 18.1. The van der Waals surface area contributed by atoms with Gasteiger partial charge in [0.15, 0.2) is 0 Å². The van der Waals surface area contributed by atoms with Crippen molar-refractivity contribution < 1.29 is 24.5 Å². The Kier molecular flexibility index (Phi) is 12.7. The molecule has 7 heteroatoms. The molecule has 4 aromatic heterocycles. The Morgan fingerprint density at radius 3 is 2.17 bits per heavy atom. The standard InChI is InChI=1S/C38H28N3O.C19H26GeN.Ir/c1-38(2,3)30-20-12-17-27(24-13-5-4-6-14-24)34(30)41-32-22-10-9-21-31(32)40-36(41)29-19-11-18-28-33-26-16-8-7-15-25(26)23-39-37(33)42-35(28)29;1-14(2)15(3)17-12-19(16-10-8-7-9-11-16)21-13-18(17)20(4,5)6;/h4-18,20-23H,1-3H3;7-10,12-15H,1-6H3;/q2*-1;. The summed E-state index contributed by atoms with van der Waals surface area (Å²) < 4.78 is 10.4. The van der Waals surface area contributed by atoms with Crippen molar-refractivity contribution in [2.75, 3.05) is 0 Å². The van der Waals surface area contributed by atoms with Gasteiger partial charge in [-0.15, -0.1) is 18.2 Å². The molecule has 0 fully saturated rings. The third-order valence-corrected chi connectivity index (χ3v) is 16.6. The number of nitrogens with zero attached hydrogens (tertiary/aromatic N) is 4. The molecule has 10 aromatic rings. The van der Waals surface area contributed by atoms with E-state index in [4.69, 9.17) is 19.4 Å². The van der Waals surface area contributed by atoms with E-state index in [1.54, 1.807) is 0 Å². The van der Waals surface area contributed by atoms with E-state index in [-0.39, 0.29) is 25.5 Å². The number of aromatic nitrogens is 4. The van der Waals surface area contributed by atoms with Gasteiger partial charge in [-0.25, -0.2) is 4.98 Å². The SMILES string of the molecule is CC(C)(C)c1cccc(-c2ccccc2)c1-n1c(-c2[c-]ccc3c2oc2ncc4ccccc4c23)nc2ccccc21.CC(C)C(C)c1cc(-c2[c-]cccc2)nc[c]1[Ge]([CH3])([CH3])[CH3].[Ir]. The van der Waals surface area contributed by atoms with Crippen LogP contribution in [0.3, 0.4) is 0 Å². The number of rotatable bonds is 7. The molecule has 0 aliphatic heterocycles. The third-order valence-electron chi connectivity index (χ3n) is 12.3. The van der Waals surface area contributed by atoms with Crippen molar-refractivity contribution in [3.63, 3.8) is 0 Å². The molecule has 0 N–H and O–H groups in total. The van der Waals surface area contributed by atoms with E-state index in [0.717, 1.165) is 77.6 Å². The minimum Gasteiger partial charge on any atom is 0 e. The van der Waals surface area contributed by atoms with Crippen molar-refractivity contribution in [1.82, 2.24) is 19.5 Å². The molecule has 1 unspecified atom stereocenters. The Bertz CT molecular complexity index is 3250. The number of hydrogen-bond acceptors (Lipinski definition) is 4. The fourth-order valence-electron chi connectivity index (χ4n) is 8.73. The van der Waals surface area contributed by atoms with Gasteiger partial charge >= 0.3 is 132 Å². The predicted octanol–water partition coefficient (Wildman–Crippen LogP) is 14.8. The van der Waals surface area contributed by atoms with E-state index in [0.29, 0.717) is 17.5 Å². The molecule has 0 bridgehead atoms. The molecule has 64 heavy (non-hydrogen) atoms. The first-order chi connectivity index (χ1) is 30.3. The van der Waals surface area contributed by atoms with Gasteiger partial charge in [-0.2, -0.15) is 0 Å². The van der Waals surface area contributed by atoms with Crippen LogP contribution in [0.1, 0.15) is 58.6 Å². The first kappa shape index (κ1) is 44.9. The van der Waals surface area contributed by atoms with Gasteiger partial charge in [0, 0.05) is 42.6 Å². The van der Waals surface area contributed by atoms with E-state index < -0.39 is 13.3 Å². The zero-order valence-corrected chi connectivity index (χ0v) is 42.6. The van der Waals surface area contributed by atoms with Crippen molar-refractivity contribution in [2.24, 2.45) is 5.92 Å². The summed E-state index contributed by atoms with van der Waals surface area (Å²) in [6.07, 6.45) is 4.02. The van der Waals surface area contributed by atoms with Gasteiger partial charge in [0.25, 0.3) is 0 Å². The number of benzene rings is 6. The molecule has 6 aromatic carbocycles. The summed E-state index contributed by atoms with van der Waals surface area (Å²) in [7, 11) is 0. The van der Waals surface area contributed by atoms with Crippen molar-refractivity contribution in [3.05, 3.63) is 175 Å². The molecule has 0 spiro atoms. The molecule has 1 atom stereocenters. The Morgan fingerprint density at radius 2 is 1.44 bits per heavy atom. The number of hydrogen-bond donors (Lipinski definition) is 0.